The fourth-order valence-electron chi connectivity index (χ4n) is 3.76. The lowest BCUT2D eigenvalue weighted by atomic mass is 10.0. The van der Waals surface area contributed by atoms with Gasteiger partial charge in [-0.1, -0.05) is 36.8 Å². The van der Waals surface area contributed by atoms with Gasteiger partial charge in [0.15, 0.2) is 11.5 Å². The van der Waals surface area contributed by atoms with Gasteiger partial charge in [0.2, 0.25) is 5.91 Å². The topological polar surface area (TPSA) is 94.2 Å². The van der Waals surface area contributed by atoms with Crippen molar-refractivity contribution >= 4 is 21.6 Å². The smallest absolute Gasteiger partial charge is 0.264 e. The molecule has 1 N–H and O–H groups in total. The van der Waals surface area contributed by atoms with E-state index in [2.05, 4.69) is 5.32 Å². The molecule has 8 nitrogen and oxygen atoms in total. The van der Waals surface area contributed by atoms with E-state index in [9.17, 15) is 13.2 Å². The SMILES string of the molecule is CCC(NC(=O)CN(c1ccc(C)cc1)S(=O)(=O)c1ccc(OC)c(OC)c1)c1ccc(OC)cc1. The van der Waals surface area contributed by atoms with Crippen LogP contribution < -0.4 is 23.8 Å². The molecule has 3 rings (SSSR count). The molecular weight excluding hydrogens is 480 g/mol. The summed E-state index contributed by atoms with van der Waals surface area (Å²) < 4.78 is 44.3. The highest BCUT2D eigenvalue weighted by atomic mass is 32.2. The number of benzene rings is 3. The second-order valence-electron chi connectivity index (χ2n) is 8.17. The molecule has 0 aliphatic heterocycles. The zero-order valence-electron chi connectivity index (χ0n) is 21.1. The van der Waals surface area contributed by atoms with Gasteiger partial charge < -0.3 is 19.5 Å². The van der Waals surface area contributed by atoms with Crippen LogP contribution in [0.3, 0.4) is 0 Å². The summed E-state index contributed by atoms with van der Waals surface area (Å²) >= 11 is 0. The third-order valence-corrected chi connectivity index (χ3v) is 7.58. The van der Waals surface area contributed by atoms with Crippen LogP contribution in [0.4, 0.5) is 5.69 Å². The molecule has 1 amide bonds. The number of carbonyl (C=O) groups excluding carboxylic acids is 1. The third-order valence-electron chi connectivity index (χ3n) is 5.81. The summed E-state index contributed by atoms with van der Waals surface area (Å²) in [6, 6.07) is 18.4. The van der Waals surface area contributed by atoms with Gasteiger partial charge in [0.05, 0.1) is 38.0 Å². The van der Waals surface area contributed by atoms with Crippen molar-refractivity contribution in [2.45, 2.75) is 31.2 Å². The molecule has 1 atom stereocenters. The number of rotatable bonds is 11. The van der Waals surface area contributed by atoms with Gasteiger partial charge in [-0.3, -0.25) is 9.10 Å². The lowest BCUT2D eigenvalue weighted by Crippen LogP contribution is -2.42. The van der Waals surface area contributed by atoms with Gasteiger partial charge in [-0.25, -0.2) is 8.42 Å². The molecule has 0 radical (unpaired) electrons. The van der Waals surface area contributed by atoms with Crippen LogP contribution in [0.25, 0.3) is 0 Å². The molecule has 0 heterocycles. The maximum absolute atomic E-state index is 13.8. The van der Waals surface area contributed by atoms with Gasteiger partial charge in [0, 0.05) is 6.07 Å². The minimum Gasteiger partial charge on any atom is -0.497 e. The number of methoxy groups -OCH3 is 3. The first kappa shape index (κ1) is 26.9. The first-order valence-corrected chi connectivity index (χ1v) is 12.9. The highest BCUT2D eigenvalue weighted by molar-refractivity contribution is 7.92. The lowest BCUT2D eigenvalue weighted by molar-refractivity contribution is -0.120. The number of hydrogen-bond acceptors (Lipinski definition) is 6. The Morgan fingerprint density at radius 1 is 0.889 bits per heavy atom. The number of ether oxygens (including phenoxy) is 3. The Bertz CT molecular complexity index is 1270. The quantitative estimate of drug-likeness (QED) is 0.407. The Morgan fingerprint density at radius 2 is 1.53 bits per heavy atom. The molecule has 0 aliphatic carbocycles. The van der Waals surface area contributed by atoms with Crippen LogP contribution >= 0.6 is 0 Å². The standard InChI is InChI=1S/C27H32N2O6S/c1-6-24(20-9-13-22(33-3)14-10-20)28-27(30)18-29(21-11-7-19(2)8-12-21)36(31,32)23-15-16-25(34-4)26(17-23)35-5/h7-17,24H,6,18H2,1-5H3,(H,28,30). The molecule has 0 fully saturated rings. The molecule has 0 aromatic heterocycles. The van der Waals surface area contributed by atoms with Crippen LogP contribution in [0.5, 0.6) is 17.2 Å². The van der Waals surface area contributed by atoms with Gasteiger partial charge in [-0.15, -0.1) is 0 Å². The number of sulfonamides is 1. The van der Waals surface area contributed by atoms with Crippen LogP contribution in [0.2, 0.25) is 0 Å². The van der Waals surface area contributed by atoms with Crippen molar-refractivity contribution in [3.8, 4) is 17.2 Å². The van der Waals surface area contributed by atoms with Gasteiger partial charge in [0.1, 0.15) is 12.3 Å². The van der Waals surface area contributed by atoms with Crippen molar-refractivity contribution in [1.82, 2.24) is 5.32 Å². The summed E-state index contributed by atoms with van der Waals surface area (Å²) in [6.07, 6.45) is 0.630. The van der Waals surface area contributed by atoms with Gasteiger partial charge in [-0.2, -0.15) is 0 Å². The highest BCUT2D eigenvalue weighted by Crippen LogP contribution is 2.32. The van der Waals surface area contributed by atoms with E-state index < -0.39 is 22.5 Å². The molecule has 0 aliphatic rings. The van der Waals surface area contributed by atoms with E-state index in [1.807, 2.05) is 38.1 Å². The Morgan fingerprint density at radius 3 is 2.08 bits per heavy atom. The van der Waals surface area contributed by atoms with E-state index in [0.29, 0.717) is 23.6 Å². The largest absolute Gasteiger partial charge is 0.497 e. The molecule has 0 saturated carbocycles. The van der Waals surface area contributed by atoms with E-state index in [-0.39, 0.29) is 16.7 Å². The number of anilines is 1. The highest BCUT2D eigenvalue weighted by Gasteiger charge is 2.29. The van der Waals surface area contributed by atoms with Crippen LogP contribution in [0, 0.1) is 6.92 Å². The summed E-state index contributed by atoms with van der Waals surface area (Å²) in [6.45, 7) is 3.46. The van der Waals surface area contributed by atoms with Crippen molar-refractivity contribution in [3.05, 3.63) is 77.9 Å². The summed E-state index contributed by atoms with van der Waals surface area (Å²) in [5.41, 5.74) is 2.25. The molecule has 0 bridgehead atoms. The molecule has 3 aromatic rings. The lowest BCUT2D eigenvalue weighted by Gasteiger charge is -2.26. The van der Waals surface area contributed by atoms with Crippen LogP contribution in [-0.4, -0.2) is 42.2 Å². The van der Waals surface area contributed by atoms with E-state index in [4.69, 9.17) is 14.2 Å². The normalized spacial score (nSPS) is 11.9. The summed E-state index contributed by atoms with van der Waals surface area (Å²) in [7, 11) is 0.383. The Labute approximate surface area is 212 Å². The molecule has 0 spiro atoms. The Balaban J connectivity index is 1.93. The van der Waals surface area contributed by atoms with E-state index >= 15 is 0 Å². The minimum absolute atomic E-state index is 0.0179. The monoisotopic (exact) mass is 512 g/mol. The molecule has 3 aromatic carbocycles. The summed E-state index contributed by atoms with van der Waals surface area (Å²) in [5, 5.41) is 2.97. The van der Waals surface area contributed by atoms with Crippen LogP contribution in [0.15, 0.2) is 71.6 Å². The third kappa shape index (κ3) is 6.09. The minimum atomic E-state index is -4.12. The van der Waals surface area contributed by atoms with E-state index in [1.165, 1.54) is 32.4 Å². The maximum atomic E-state index is 13.8. The fourth-order valence-corrected chi connectivity index (χ4v) is 5.19. The van der Waals surface area contributed by atoms with Crippen LogP contribution in [-0.2, 0) is 14.8 Å². The van der Waals surface area contributed by atoms with Crippen molar-refractivity contribution in [2.75, 3.05) is 32.2 Å². The second kappa shape index (κ2) is 11.8. The van der Waals surface area contributed by atoms with Crippen molar-refractivity contribution in [2.24, 2.45) is 0 Å². The average Bonchev–Trinajstić information content (AvgIpc) is 2.90. The number of nitrogens with zero attached hydrogens (tertiary/aromatic N) is 1. The second-order valence-corrected chi connectivity index (χ2v) is 10.0. The molecule has 0 saturated heterocycles. The van der Waals surface area contributed by atoms with E-state index in [1.54, 1.807) is 31.4 Å². The zero-order chi connectivity index (χ0) is 26.3. The van der Waals surface area contributed by atoms with E-state index in [0.717, 1.165) is 15.4 Å². The average molecular weight is 513 g/mol. The molecule has 192 valence electrons. The number of hydrogen-bond donors (Lipinski definition) is 1. The van der Waals surface area contributed by atoms with Gasteiger partial charge >= 0.3 is 0 Å². The summed E-state index contributed by atoms with van der Waals surface area (Å²) in [4.78, 5) is 13.2. The Hall–Kier alpha value is -3.72. The number of aryl methyl sites for hydroxylation is 1. The summed E-state index contributed by atoms with van der Waals surface area (Å²) in [5.74, 6) is 0.965. The van der Waals surface area contributed by atoms with Gasteiger partial charge in [-0.05, 0) is 55.3 Å². The Kier molecular flexibility index (Phi) is 8.82. The molecule has 1 unspecified atom stereocenters. The predicted molar refractivity (Wildman–Crippen MR) is 139 cm³/mol. The molecular formula is C27H32N2O6S. The number of carbonyl (C=O) groups is 1. The van der Waals surface area contributed by atoms with Crippen LogP contribution in [0.1, 0.15) is 30.5 Å². The molecule has 9 heteroatoms. The van der Waals surface area contributed by atoms with Crippen molar-refractivity contribution < 1.29 is 27.4 Å². The van der Waals surface area contributed by atoms with Gasteiger partial charge in [0.25, 0.3) is 10.0 Å². The van der Waals surface area contributed by atoms with Crippen molar-refractivity contribution in [3.63, 3.8) is 0 Å². The first-order chi connectivity index (χ1) is 17.2. The first-order valence-electron chi connectivity index (χ1n) is 11.5. The predicted octanol–water partition coefficient (Wildman–Crippen LogP) is 4.48. The number of amides is 1. The fraction of sp³-hybridized carbons (Fsp3) is 0.296. The molecule has 36 heavy (non-hydrogen) atoms. The zero-order valence-corrected chi connectivity index (χ0v) is 22.0. The maximum Gasteiger partial charge on any atom is 0.264 e. The van der Waals surface area contributed by atoms with Crippen molar-refractivity contribution in [1.29, 1.82) is 0 Å². The number of nitrogens with one attached hydrogen (secondary N) is 1.